The number of halogens is 1. The molecule has 5 rings (SSSR count). The maximum absolute atomic E-state index is 14.5. The number of methoxy groups -OCH3 is 1. The fourth-order valence-corrected chi connectivity index (χ4v) is 5.63. The van der Waals surface area contributed by atoms with Gasteiger partial charge in [0.2, 0.25) is 10.0 Å². The summed E-state index contributed by atoms with van der Waals surface area (Å²) in [6.45, 7) is 1.01. The van der Waals surface area contributed by atoms with E-state index < -0.39 is 21.4 Å². The molecule has 1 amide bonds. The van der Waals surface area contributed by atoms with Crippen LogP contribution < -0.4 is 9.88 Å². The number of hydrogen-bond donors (Lipinski definition) is 1. The van der Waals surface area contributed by atoms with Crippen LogP contribution in [0.4, 0.5) is 4.39 Å². The van der Waals surface area contributed by atoms with E-state index in [0.717, 1.165) is 5.56 Å². The molecule has 10 nitrogen and oxygen atoms in total. The summed E-state index contributed by atoms with van der Waals surface area (Å²) in [6, 6.07) is 19.9. The summed E-state index contributed by atoms with van der Waals surface area (Å²) in [6.07, 6.45) is 1.48. The van der Waals surface area contributed by atoms with Crippen molar-refractivity contribution in [1.29, 1.82) is 0 Å². The summed E-state index contributed by atoms with van der Waals surface area (Å²) in [7, 11) is -0.608. The fourth-order valence-electron chi connectivity index (χ4n) is 5.12. The average Bonchev–Trinajstić information content (AvgIpc) is 3.47. The molecule has 44 heavy (non-hydrogen) atoms. The Morgan fingerprint density at radius 3 is 2.41 bits per heavy atom. The van der Waals surface area contributed by atoms with Crippen molar-refractivity contribution < 1.29 is 36.2 Å². The second-order valence-electron chi connectivity index (χ2n) is 10.6. The van der Waals surface area contributed by atoms with E-state index >= 15 is 0 Å². The number of primary sulfonamides is 1. The summed E-state index contributed by atoms with van der Waals surface area (Å²) >= 11 is 0. The molecule has 2 N–H and O–H groups in total. The monoisotopic (exact) mass is 623 g/mol. The number of likely N-dealkylation sites (N-methyl/N-ethyl adjacent to an activating group) is 1. The molecule has 3 aromatic carbocycles. The number of ether oxygens (including phenoxy) is 3. The Labute approximate surface area is 255 Å². The second-order valence-corrected chi connectivity index (χ2v) is 12.1. The molecule has 0 spiro atoms. The fraction of sp³-hybridized carbons (Fsp3) is 0.312. The van der Waals surface area contributed by atoms with Gasteiger partial charge < -0.3 is 23.5 Å². The van der Waals surface area contributed by atoms with Gasteiger partial charge in [0.15, 0.2) is 18.3 Å². The molecule has 1 aromatic heterocycles. The summed E-state index contributed by atoms with van der Waals surface area (Å²) in [5.74, 6) is 0.363. The normalized spacial score (nSPS) is 14.7. The molecule has 0 atom stereocenters. The van der Waals surface area contributed by atoms with Crippen molar-refractivity contribution in [3.8, 4) is 28.3 Å². The molecule has 0 radical (unpaired) electrons. The number of aromatic nitrogens is 1. The zero-order chi connectivity index (χ0) is 31.3. The van der Waals surface area contributed by atoms with Crippen LogP contribution in [-0.4, -0.2) is 64.7 Å². The van der Waals surface area contributed by atoms with E-state index in [4.69, 9.17) is 23.8 Å². The first kappa shape index (κ1) is 31.3. The van der Waals surface area contributed by atoms with Crippen LogP contribution in [0.25, 0.3) is 22.6 Å². The number of nitrogens with zero attached hydrogens (tertiary/aromatic N) is 2. The first-order chi connectivity index (χ1) is 21.1. The van der Waals surface area contributed by atoms with Crippen molar-refractivity contribution in [2.75, 3.05) is 40.5 Å². The van der Waals surface area contributed by atoms with Gasteiger partial charge in [0.25, 0.3) is 5.91 Å². The van der Waals surface area contributed by atoms with E-state index in [9.17, 15) is 17.6 Å². The van der Waals surface area contributed by atoms with Crippen LogP contribution in [0.1, 0.15) is 24.3 Å². The van der Waals surface area contributed by atoms with E-state index in [-0.39, 0.29) is 29.7 Å². The number of oxazole rings is 1. The lowest BCUT2D eigenvalue weighted by Crippen LogP contribution is -2.36. The van der Waals surface area contributed by atoms with Crippen molar-refractivity contribution in [3.63, 3.8) is 0 Å². The van der Waals surface area contributed by atoms with Crippen LogP contribution in [0.2, 0.25) is 0 Å². The standard InChI is InChI=1S/C32H34FN3O7S/c1-36(29(37)21-42-26-19-24(18-25(33)20-26)32(40-2)13-16-41-17-14-32)15-12-28-35-30(31(43-28)23-6-4-3-5-7-23)22-8-10-27(11-9-22)44(34,38)39/h3-11,18-20H,12-17,21H2,1-2H3,(H2,34,38,39). The summed E-state index contributed by atoms with van der Waals surface area (Å²) in [5.41, 5.74) is 1.95. The quantitative estimate of drug-likeness (QED) is 0.258. The molecule has 1 aliphatic rings. The van der Waals surface area contributed by atoms with Crippen LogP contribution >= 0.6 is 0 Å². The summed E-state index contributed by atoms with van der Waals surface area (Å²) in [5, 5.41) is 5.24. The summed E-state index contributed by atoms with van der Waals surface area (Å²) < 4.78 is 61.0. The van der Waals surface area contributed by atoms with Gasteiger partial charge in [-0.2, -0.15) is 0 Å². The number of rotatable bonds is 11. The van der Waals surface area contributed by atoms with Gasteiger partial charge in [-0.3, -0.25) is 4.79 Å². The van der Waals surface area contributed by atoms with Gasteiger partial charge in [0.05, 0.1) is 10.5 Å². The largest absolute Gasteiger partial charge is 0.484 e. The minimum atomic E-state index is -3.84. The Morgan fingerprint density at radius 2 is 1.75 bits per heavy atom. The SMILES string of the molecule is COC1(c2cc(F)cc(OCC(=O)N(C)CCc3nc(-c4ccc(S(N)(=O)=O)cc4)c(-c4ccccc4)o3)c2)CCOCC1. The predicted molar refractivity (Wildman–Crippen MR) is 161 cm³/mol. The lowest BCUT2D eigenvalue weighted by Gasteiger charge is -2.36. The molecule has 1 aliphatic heterocycles. The molecule has 232 valence electrons. The number of amides is 1. The average molecular weight is 624 g/mol. The maximum atomic E-state index is 14.5. The van der Waals surface area contributed by atoms with Crippen molar-refractivity contribution in [2.45, 2.75) is 29.8 Å². The number of carbonyl (C=O) groups is 1. The van der Waals surface area contributed by atoms with Crippen LogP contribution in [0.3, 0.4) is 0 Å². The number of carbonyl (C=O) groups excluding carboxylic acids is 1. The zero-order valence-electron chi connectivity index (χ0n) is 24.5. The smallest absolute Gasteiger partial charge is 0.260 e. The van der Waals surface area contributed by atoms with Crippen LogP contribution in [0.15, 0.2) is 82.1 Å². The first-order valence-electron chi connectivity index (χ1n) is 14.1. The van der Waals surface area contributed by atoms with E-state index in [1.54, 1.807) is 32.4 Å². The predicted octanol–water partition coefficient (Wildman–Crippen LogP) is 4.53. The Morgan fingerprint density at radius 1 is 1.05 bits per heavy atom. The van der Waals surface area contributed by atoms with E-state index in [1.807, 2.05) is 30.3 Å². The highest BCUT2D eigenvalue weighted by Gasteiger charge is 2.35. The molecule has 0 unspecified atom stereocenters. The molecule has 1 saturated heterocycles. The maximum Gasteiger partial charge on any atom is 0.260 e. The molecule has 0 aliphatic carbocycles. The molecular formula is C32H34FN3O7S. The van der Waals surface area contributed by atoms with E-state index in [1.165, 1.54) is 29.2 Å². The number of nitrogens with two attached hydrogens (primary N) is 1. The van der Waals surface area contributed by atoms with Crippen LogP contribution in [-0.2, 0) is 36.3 Å². The van der Waals surface area contributed by atoms with Gasteiger partial charge in [0.1, 0.15) is 17.3 Å². The third-order valence-electron chi connectivity index (χ3n) is 7.70. The van der Waals surface area contributed by atoms with Gasteiger partial charge in [-0.15, -0.1) is 0 Å². The highest BCUT2D eigenvalue weighted by atomic mass is 32.2. The lowest BCUT2D eigenvalue weighted by molar-refractivity contribution is -0.132. The van der Waals surface area contributed by atoms with E-state index in [0.29, 0.717) is 60.9 Å². The summed E-state index contributed by atoms with van der Waals surface area (Å²) in [4.78, 5) is 19.1. The Hall–Kier alpha value is -4.10. The van der Waals surface area contributed by atoms with Gasteiger partial charge in [-0.1, -0.05) is 42.5 Å². The highest BCUT2D eigenvalue weighted by molar-refractivity contribution is 7.89. The molecule has 4 aromatic rings. The van der Waals surface area contributed by atoms with Crippen molar-refractivity contribution >= 4 is 15.9 Å². The van der Waals surface area contributed by atoms with Crippen LogP contribution in [0, 0.1) is 5.82 Å². The van der Waals surface area contributed by atoms with E-state index in [2.05, 4.69) is 4.98 Å². The van der Waals surface area contributed by atoms with Crippen molar-refractivity contribution in [1.82, 2.24) is 9.88 Å². The minimum Gasteiger partial charge on any atom is -0.484 e. The lowest BCUT2D eigenvalue weighted by atomic mass is 9.86. The van der Waals surface area contributed by atoms with Gasteiger partial charge in [-0.05, 0) is 29.8 Å². The van der Waals surface area contributed by atoms with Crippen molar-refractivity contribution in [3.05, 3.63) is 90.1 Å². The third kappa shape index (κ3) is 7.16. The number of hydrogen-bond acceptors (Lipinski definition) is 8. The molecule has 0 bridgehead atoms. The zero-order valence-corrected chi connectivity index (χ0v) is 25.3. The van der Waals surface area contributed by atoms with Gasteiger partial charge in [0, 0.05) is 70.4 Å². The van der Waals surface area contributed by atoms with Gasteiger partial charge >= 0.3 is 0 Å². The Kier molecular flexibility index (Phi) is 9.45. The molecule has 2 heterocycles. The number of sulfonamides is 1. The number of benzene rings is 3. The highest BCUT2D eigenvalue weighted by Crippen LogP contribution is 2.37. The Bertz CT molecular complexity index is 1700. The topological polar surface area (TPSA) is 134 Å². The molecule has 1 fully saturated rings. The first-order valence-corrected chi connectivity index (χ1v) is 15.6. The van der Waals surface area contributed by atoms with Gasteiger partial charge in [-0.25, -0.2) is 22.9 Å². The third-order valence-corrected chi connectivity index (χ3v) is 8.63. The molecule has 12 heteroatoms. The Balaban J connectivity index is 1.26. The van der Waals surface area contributed by atoms with Crippen molar-refractivity contribution in [2.24, 2.45) is 5.14 Å². The van der Waals surface area contributed by atoms with Crippen LogP contribution in [0.5, 0.6) is 5.75 Å². The molecule has 0 saturated carbocycles. The molecular weight excluding hydrogens is 589 g/mol. The second kappa shape index (κ2) is 13.3. The minimum absolute atomic E-state index is 0.00941.